The van der Waals surface area contributed by atoms with Crippen LogP contribution in [0.3, 0.4) is 0 Å². The first-order valence-electron chi connectivity index (χ1n) is 10.6. The Morgan fingerprint density at radius 3 is 2.48 bits per heavy atom. The van der Waals surface area contributed by atoms with Crippen molar-refractivity contribution < 1.29 is 23.4 Å². The Labute approximate surface area is 197 Å². The quantitative estimate of drug-likeness (QED) is 0.478. The van der Waals surface area contributed by atoms with Gasteiger partial charge in [-0.05, 0) is 47.4 Å². The number of nitrogens with zero attached hydrogens (tertiary/aromatic N) is 1. The minimum absolute atomic E-state index is 0.125. The van der Waals surface area contributed by atoms with Crippen molar-refractivity contribution >= 4 is 17.5 Å². The number of carbonyl (C=O) groups excluding carboxylic acids is 1. The van der Waals surface area contributed by atoms with Gasteiger partial charge in [0.15, 0.2) is 11.5 Å². The van der Waals surface area contributed by atoms with Gasteiger partial charge in [0.05, 0.1) is 26.9 Å². The molecule has 1 amide bonds. The summed E-state index contributed by atoms with van der Waals surface area (Å²) in [6, 6.07) is 17.1. The minimum atomic E-state index is -0.713. The van der Waals surface area contributed by atoms with Gasteiger partial charge in [0, 0.05) is 17.1 Å². The van der Waals surface area contributed by atoms with Gasteiger partial charge in [-0.25, -0.2) is 4.39 Å². The second-order valence-corrected chi connectivity index (χ2v) is 8.17. The largest absolute Gasteiger partial charge is 0.493 e. The molecule has 0 fully saturated rings. The van der Waals surface area contributed by atoms with Crippen molar-refractivity contribution in [3.05, 3.63) is 93.8 Å². The number of amides is 1. The van der Waals surface area contributed by atoms with Crippen LogP contribution >= 0.6 is 11.6 Å². The summed E-state index contributed by atoms with van der Waals surface area (Å²) in [5.41, 5.74) is 2.93. The molecule has 7 heteroatoms. The molecule has 0 spiro atoms. The molecular weight excluding hydrogens is 445 g/mol. The van der Waals surface area contributed by atoms with E-state index in [2.05, 4.69) is 0 Å². The number of rotatable bonds is 7. The maximum Gasteiger partial charge on any atom is 0.249 e. The van der Waals surface area contributed by atoms with Crippen LogP contribution in [0, 0.1) is 5.82 Å². The number of benzene rings is 3. The van der Waals surface area contributed by atoms with Gasteiger partial charge >= 0.3 is 0 Å². The van der Waals surface area contributed by atoms with Crippen molar-refractivity contribution in [1.29, 1.82) is 0 Å². The van der Waals surface area contributed by atoms with Crippen LogP contribution in [-0.4, -0.2) is 38.2 Å². The van der Waals surface area contributed by atoms with Gasteiger partial charge in [-0.2, -0.15) is 0 Å². The zero-order chi connectivity index (χ0) is 23.4. The number of hydrogen-bond donors (Lipinski definition) is 0. The van der Waals surface area contributed by atoms with Gasteiger partial charge in [0.25, 0.3) is 0 Å². The van der Waals surface area contributed by atoms with Crippen molar-refractivity contribution in [3.8, 4) is 11.5 Å². The molecule has 1 atom stereocenters. The highest BCUT2D eigenvalue weighted by Crippen LogP contribution is 2.43. The SMILES string of the molecule is COc1cc2c(cc1OC)[C@H](c1c(F)cccc1Cl)N(C(=O)COCc1ccccc1)CC2. The van der Waals surface area contributed by atoms with E-state index in [0.717, 1.165) is 16.7 Å². The lowest BCUT2D eigenvalue weighted by Gasteiger charge is -2.38. The third-order valence-electron chi connectivity index (χ3n) is 5.80. The molecule has 0 aliphatic carbocycles. The first-order valence-corrected chi connectivity index (χ1v) is 11.0. The van der Waals surface area contributed by atoms with E-state index in [-0.39, 0.29) is 23.1 Å². The molecule has 0 radical (unpaired) electrons. The van der Waals surface area contributed by atoms with E-state index in [1.165, 1.54) is 6.07 Å². The van der Waals surface area contributed by atoms with Gasteiger partial charge < -0.3 is 19.1 Å². The van der Waals surface area contributed by atoms with E-state index in [1.807, 2.05) is 36.4 Å². The van der Waals surface area contributed by atoms with Crippen LogP contribution < -0.4 is 9.47 Å². The average molecular weight is 470 g/mol. The summed E-state index contributed by atoms with van der Waals surface area (Å²) in [5.74, 6) is 0.373. The number of fused-ring (bicyclic) bond motifs is 1. The summed E-state index contributed by atoms with van der Waals surface area (Å²) < 4.78 is 31.7. The van der Waals surface area contributed by atoms with Gasteiger partial charge in [-0.1, -0.05) is 48.0 Å². The van der Waals surface area contributed by atoms with Crippen molar-refractivity contribution in [2.45, 2.75) is 19.1 Å². The molecule has 5 nitrogen and oxygen atoms in total. The molecule has 0 N–H and O–H groups in total. The van der Waals surface area contributed by atoms with Crippen LogP contribution in [0.2, 0.25) is 5.02 Å². The lowest BCUT2D eigenvalue weighted by molar-refractivity contribution is -0.138. The molecule has 0 bridgehead atoms. The predicted octanol–water partition coefficient (Wildman–Crippen LogP) is 5.19. The summed E-state index contributed by atoms with van der Waals surface area (Å²) >= 11 is 6.45. The summed E-state index contributed by atoms with van der Waals surface area (Å²) in [6.45, 7) is 0.582. The van der Waals surface area contributed by atoms with Crippen LogP contribution in [-0.2, 0) is 22.6 Å². The molecule has 0 unspecified atom stereocenters. The molecule has 1 aliphatic rings. The number of methoxy groups -OCH3 is 2. The van der Waals surface area contributed by atoms with Crippen molar-refractivity contribution in [2.24, 2.45) is 0 Å². The van der Waals surface area contributed by atoms with E-state index in [9.17, 15) is 4.79 Å². The first-order chi connectivity index (χ1) is 16.0. The second kappa shape index (κ2) is 10.2. The fourth-order valence-electron chi connectivity index (χ4n) is 4.21. The Bertz CT molecular complexity index is 1120. The topological polar surface area (TPSA) is 48.0 Å². The van der Waals surface area contributed by atoms with Gasteiger partial charge in [0.1, 0.15) is 12.4 Å². The van der Waals surface area contributed by atoms with Crippen molar-refractivity contribution in [1.82, 2.24) is 4.90 Å². The number of ether oxygens (including phenoxy) is 3. The zero-order valence-electron chi connectivity index (χ0n) is 18.5. The third kappa shape index (κ3) is 4.82. The van der Waals surface area contributed by atoms with Crippen LogP contribution in [0.5, 0.6) is 11.5 Å². The van der Waals surface area contributed by atoms with E-state index in [1.54, 1.807) is 37.3 Å². The van der Waals surface area contributed by atoms with E-state index >= 15 is 4.39 Å². The van der Waals surface area contributed by atoms with Gasteiger partial charge in [-0.3, -0.25) is 4.79 Å². The Morgan fingerprint density at radius 2 is 1.79 bits per heavy atom. The van der Waals surface area contributed by atoms with E-state index in [4.69, 9.17) is 25.8 Å². The van der Waals surface area contributed by atoms with E-state index < -0.39 is 11.9 Å². The fourth-order valence-corrected chi connectivity index (χ4v) is 4.48. The molecule has 172 valence electrons. The third-order valence-corrected chi connectivity index (χ3v) is 6.13. The van der Waals surface area contributed by atoms with Crippen molar-refractivity contribution in [2.75, 3.05) is 27.4 Å². The highest BCUT2D eigenvalue weighted by Gasteiger charge is 2.36. The number of hydrogen-bond acceptors (Lipinski definition) is 4. The zero-order valence-corrected chi connectivity index (χ0v) is 19.3. The standard InChI is InChI=1S/C26H25ClFNO4/c1-31-22-13-18-11-12-29(24(30)16-33-15-17-7-4-3-5-8-17)26(19(18)14-23(22)32-2)25-20(27)9-6-10-21(25)28/h3-10,13-14,26H,11-12,15-16H2,1-2H3/t26-/m1/s1. The summed E-state index contributed by atoms with van der Waals surface area (Å²) in [5, 5.41) is 0.255. The molecule has 0 saturated carbocycles. The molecular formula is C26H25ClFNO4. The predicted molar refractivity (Wildman–Crippen MR) is 124 cm³/mol. The summed E-state index contributed by atoms with van der Waals surface area (Å²) in [6.07, 6.45) is 0.586. The van der Waals surface area contributed by atoms with Gasteiger partial charge in [-0.15, -0.1) is 0 Å². The Morgan fingerprint density at radius 1 is 1.06 bits per heavy atom. The van der Waals surface area contributed by atoms with Crippen LogP contribution in [0.25, 0.3) is 0 Å². The first kappa shape index (κ1) is 23.1. The Hall–Kier alpha value is -3.09. The normalized spacial score (nSPS) is 15.2. The van der Waals surface area contributed by atoms with Crippen LogP contribution in [0.15, 0.2) is 60.7 Å². The fraction of sp³-hybridized carbons (Fsp3) is 0.269. The molecule has 4 rings (SSSR count). The lowest BCUT2D eigenvalue weighted by Crippen LogP contribution is -2.42. The number of halogens is 2. The average Bonchev–Trinajstić information content (AvgIpc) is 2.83. The second-order valence-electron chi connectivity index (χ2n) is 7.76. The monoisotopic (exact) mass is 469 g/mol. The van der Waals surface area contributed by atoms with Crippen LogP contribution in [0.4, 0.5) is 4.39 Å². The van der Waals surface area contributed by atoms with Gasteiger partial charge in [0.2, 0.25) is 5.91 Å². The highest BCUT2D eigenvalue weighted by molar-refractivity contribution is 6.31. The molecule has 1 aliphatic heterocycles. The Balaban J connectivity index is 1.69. The molecule has 33 heavy (non-hydrogen) atoms. The molecule has 1 heterocycles. The van der Waals surface area contributed by atoms with Crippen LogP contribution in [0.1, 0.15) is 28.3 Å². The molecule has 0 saturated heterocycles. The smallest absolute Gasteiger partial charge is 0.249 e. The molecule has 3 aromatic carbocycles. The minimum Gasteiger partial charge on any atom is -0.493 e. The maximum atomic E-state index is 15.1. The van der Waals surface area contributed by atoms with Crippen molar-refractivity contribution in [3.63, 3.8) is 0 Å². The molecule has 3 aromatic rings. The Kier molecular flexibility index (Phi) is 7.16. The maximum absolute atomic E-state index is 15.1. The lowest BCUT2D eigenvalue weighted by atomic mass is 9.87. The summed E-state index contributed by atoms with van der Waals surface area (Å²) in [4.78, 5) is 14.9. The number of carbonyl (C=O) groups is 1. The van der Waals surface area contributed by atoms with E-state index in [0.29, 0.717) is 31.1 Å². The highest BCUT2D eigenvalue weighted by atomic mass is 35.5. The summed E-state index contributed by atoms with van der Waals surface area (Å²) in [7, 11) is 3.11. The molecule has 0 aromatic heterocycles.